The number of likely N-dealkylation sites (tertiary alicyclic amines) is 1. The highest BCUT2D eigenvalue weighted by Gasteiger charge is 2.20. The molecule has 0 atom stereocenters. The van der Waals surface area contributed by atoms with Crippen molar-refractivity contribution in [2.45, 2.75) is 12.8 Å². The zero-order valence-corrected chi connectivity index (χ0v) is 7.72. The first-order chi connectivity index (χ1) is 6.59. The summed E-state index contributed by atoms with van der Waals surface area (Å²) in [6, 6.07) is 0. The van der Waals surface area contributed by atoms with Crippen LogP contribution in [0, 0.1) is 5.92 Å². The molecule has 78 valence electrons. The van der Waals surface area contributed by atoms with Crippen molar-refractivity contribution in [3.05, 3.63) is 12.2 Å². The SMILES string of the molecule is O=C(O)/C=C/C1CCN(C(=O)O)CC1. The predicted molar refractivity (Wildman–Crippen MR) is 49.1 cm³/mol. The molecule has 1 rings (SSSR count). The fourth-order valence-electron chi connectivity index (χ4n) is 1.50. The summed E-state index contributed by atoms with van der Waals surface area (Å²) in [5.41, 5.74) is 0. The third-order valence-electron chi connectivity index (χ3n) is 2.32. The predicted octanol–water partition coefficient (Wildman–Crippen LogP) is 1.02. The maximum atomic E-state index is 10.5. The number of carboxylic acid groups (broad SMARTS) is 2. The first-order valence-electron chi connectivity index (χ1n) is 4.48. The van der Waals surface area contributed by atoms with Crippen molar-refractivity contribution in [1.82, 2.24) is 4.90 Å². The fourth-order valence-corrected chi connectivity index (χ4v) is 1.50. The van der Waals surface area contributed by atoms with E-state index in [-0.39, 0.29) is 5.92 Å². The number of hydrogen-bond acceptors (Lipinski definition) is 2. The molecule has 1 aliphatic heterocycles. The Hall–Kier alpha value is -1.52. The molecule has 0 aromatic carbocycles. The molecule has 1 amide bonds. The van der Waals surface area contributed by atoms with Gasteiger partial charge in [0.2, 0.25) is 0 Å². The van der Waals surface area contributed by atoms with Gasteiger partial charge in [0.25, 0.3) is 0 Å². The van der Waals surface area contributed by atoms with Crippen molar-refractivity contribution >= 4 is 12.1 Å². The number of amides is 1. The van der Waals surface area contributed by atoms with Gasteiger partial charge in [-0.05, 0) is 18.8 Å². The van der Waals surface area contributed by atoms with Crippen LogP contribution in [0.2, 0.25) is 0 Å². The number of carbonyl (C=O) groups is 2. The van der Waals surface area contributed by atoms with Crippen molar-refractivity contribution in [3.63, 3.8) is 0 Å². The van der Waals surface area contributed by atoms with Gasteiger partial charge in [-0.15, -0.1) is 0 Å². The summed E-state index contributed by atoms with van der Waals surface area (Å²) in [6.45, 7) is 0.980. The number of carboxylic acids is 1. The number of aliphatic carboxylic acids is 1. The second-order valence-corrected chi connectivity index (χ2v) is 3.30. The van der Waals surface area contributed by atoms with Gasteiger partial charge < -0.3 is 15.1 Å². The Morgan fingerprint density at radius 1 is 1.21 bits per heavy atom. The van der Waals surface area contributed by atoms with Crippen LogP contribution in [0.15, 0.2) is 12.2 Å². The van der Waals surface area contributed by atoms with Crippen LogP contribution in [0.3, 0.4) is 0 Å². The van der Waals surface area contributed by atoms with Crippen LogP contribution in [0.5, 0.6) is 0 Å². The molecular formula is C9H13NO4. The molecule has 0 aromatic heterocycles. The van der Waals surface area contributed by atoms with Crippen LogP contribution < -0.4 is 0 Å². The highest BCUT2D eigenvalue weighted by molar-refractivity contribution is 5.79. The van der Waals surface area contributed by atoms with Gasteiger partial charge in [0.05, 0.1) is 0 Å². The third-order valence-corrected chi connectivity index (χ3v) is 2.32. The lowest BCUT2D eigenvalue weighted by atomic mass is 9.97. The number of piperidine rings is 1. The minimum Gasteiger partial charge on any atom is -0.478 e. The van der Waals surface area contributed by atoms with E-state index in [0.29, 0.717) is 25.9 Å². The molecule has 0 saturated carbocycles. The molecule has 1 saturated heterocycles. The quantitative estimate of drug-likeness (QED) is 0.651. The molecule has 0 bridgehead atoms. The smallest absolute Gasteiger partial charge is 0.407 e. The van der Waals surface area contributed by atoms with E-state index < -0.39 is 12.1 Å². The van der Waals surface area contributed by atoms with E-state index in [1.54, 1.807) is 6.08 Å². The molecule has 0 aromatic rings. The second-order valence-electron chi connectivity index (χ2n) is 3.30. The van der Waals surface area contributed by atoms with E-state index in [1.165, 1.54) is 4.90 Å². The summed E-state index contributed by atoms with van der Waals surface area (Å²) in [6.07, 6.45) is 3.28. The normalized spacial score (nSPS) is 18.7. The minimum atomic E-state index is -0.953. The zero-order chi connectivity index (χ0) is 10.6. The van der Waals surface area contributed by atoms with Crippen molar-refractivity contribution in [2.24, 2.45) is 5.92 Å². The zero-order valence-electron chi connectivity index (χ0n) is 7.72. The van der Waals surface area contributed by atoms with E-state index >= 15 is 0 Å². The van der Waals surface area contributed by atoms with Crippen LogP contribution in [0.1, 0.15) is 12.8 Å². The van der Waals surface area contributed by atoms with Crippen LogP contribution in [0.25, 0.3) is 0 Å². The first kappa shape index (κ1) is 10.6. The Bertz CT molecular complexity index is 254. The van der Waals surface area contributed by atoms with E-state index in [4.69, 9.17) is 10.2 Å². The highest BCUT2D eigenvalue weighted by atomic mass is 16.4. The first-order valence-corrected chi connectivity index (χ1v) is 4.48. The van der Waals surface area contributed by atoms with Gasteiger partial charge in [0, 0.05) is 19.2 Å². The lowest BCUT2D eigenvalue weighted by Crippen LogP contribution is -2.37. The monoisotopic (exact) mass is 199 g/mol. The highest BCUT2D eigenvalue weighted by Crippen LogP contribution is 2.18. The summed E-state index contributed by atoms with van der Waals surface area (Å²) in [5, 5.41) is 17.0. The van der Waals surface area contributed by atoms with Gasteiger partial charge >= 0.3 is 12.1 Å². The molecule has 1 heterocycles. The van der Waals surface area contributed by atoms with Crippen molar-refractivity contribution in [3.8, 4) is 0 Å². The second kappa shape index (κ2) is 4.64. The fraction of sp³-hybridized carbons (Fsp3) is 0.556. The Labute approximate surface area is 81.6 Å². The van der Waals surface area contributed by atoms with Gasteiger partial charge in [-0.1, -0.05) is 6.08 Å². The van der Waals surface area contributed by atoms with Gasteiger partial charge in [-0.25, -0.2) is 9.59 Å². The average molecular weight is 199 g/mol. The molecule has 1 fully saturated rings. The van der Waals surface area contributed by atoms with Crippen LogP contribution in [-0.4, -0.2) is 40.3 Å². The topological polar surface area (TPSA) is 77.8 Å². The lowest BCUT2D eigenvalue weighted by molar-refractivity contribution is -0.131. The average Bonchev–Trinajstić information content (AvgIpc) is 2.15. The summed E-state index contributed by atoms with van der Waals surface area (Å²) in [5.74, 6) is -0.757. The van der Waals surface area contributed by atoms with Gasteiger partial charge in [0.15, 0.2) is 0 Å². The molecule has 14 heavy (non-hydrogen) atoms. The lowest BCUT2D eigenvalue weighted by Gasteiger charge is -2.28. The van der Waals surface area contributed by atoms with E-state index in [2.05, 4.69) is 0 Å². The van der Waals surface area contributed by atoms with Crippen molar-refractivity contribution in [2.75, 3.05) is 13.1 Å². The Kier molecular flexibility index (Phi) is 3.50. The van der Waals surface area contributed by atoms with Crippen LogP contribution >= 0.6 is 0 Å². The summed E-state index contributed by atoms with van der Waals surface area (Å²) >= 11 is 0. The molecule has 2 N–H and O–H groups in total. The molecule has 0 spiro atoms. The van der Waals surface area contributed by atoms with Crippen molar-refractivity contribution < 1.29 is 19.8 Å². The summed E-state index contributed by atoms with van der Waals surface area (Å²) < 4.78 is 0. The van der Waals surface area contributed by atoms with Crippen molar-refractivity contribution in [1.29, 1.82) is 0 Å². The van der Waals surface area contributed by atoms with Gasteiger partial charge in [-0.2, -0.15) is 0 Å². The molecule has 0 radical (unpaired) electrons. The van der Waals surface area contributed by atoms with E-state index in [0.717, 1.165) is 6.08 Å². The standard InChI is InChI=1S/C9H13NO4/c11-8(12)2-1-7-3-5-10(6-4-7)9(13)14/h1-2,7H,3-6H2,(H,11,12)(H,13,14)/b2-1+. The van der Waals surface area contributed by atoms with E-state index in [9.17, 15) is 9.59 Å². The Balaban J connectivity index is 2.36. The maximum absolute atomic E-state index is 10.5. The molecule has 0 aliphatic carbocycles. The largest absolute Gasteiger partial charge is 0.478 e. The molecule has 5 heteroatoms. The van der Waals surface area contributed by atoms with Crippen LogP contribution in [0.4, 0.5) is 4.79 Å². The third kappa shape index (κ3) is 3.08. The summed E-state index contributed by atoms with van der Waals surface area (Å²) in [4.78, 5) is 22.1. The van der Waals surface area contributed by atoms with Crippen LogP contribution in [-0.2, 0) is 4.79 Å². The molecular weight excluding hydrogens is 186 g/mol. The minimum absolute atomic E-state index is 0.196. The number of hydrogen-bond donors (Lipinski definition) is 2. The van der Waals surface area contributed by atoms with Gasteiger partial charge in [0.1, 0.15) is 0 Å². The Morgan fingerprint density at radius 3 is 2.21 bits per heavy atom. The number of allylic oxidation sites excluding steroid dienone is 1. The molecule has 0 unspecified atom stereocenters. The van der Waals surface area contributed by atoms with E-state index in [1.807, 2.05) is 0 Å². The molecule has 5 nitrogen and oxygen atoms in total. The Morgan fingerprint density at radius 2 is 1.79 bits per heavy atom. The molecule has 1 aliphatic rings. The van der Waals surface area contributed by atoms with Gasteiger partial charge in [-0.3, -0.25) is 0 Å². The number of nitrogens with zero attached hydrogens (tertiary/aromatic N) is 1. The summed E-state index contributed by atoms with van der Waals surface area (Å²) in [7, 11) is 0. The maximum Gasteiger partial charge on any atom is 0.407 e. The number of rotatable bonds is 2.